The molecule has 1 atom stereocenters. The van der Waals surface area contributed by atoms with Crippen LogP contribution in [0.4, 0.5) is 5.69 Å². The normalized spacial score (nSPS) is 11.5. The van der Waals surface area contributed by atoms with E-state index >= 15 is 0 Å². The second-order valence-corrected chi connectivity index (χ2v) is 5.94. The molecule has 3 heteroatoms. The quantitative estimate of drug-likeness (QED) is 0.682. The molecule has 3 nitrogen and oxygen atoms in total. The van der Waals surface area contributed by atoms with Gasteiger partial charge in [-0.1, -0.05) is 78.9 Å². The summed E-state index contributed by atoms with van der Waals surface area (Å²) in [6, 6.07) is 30.0. The molecule has 0 aliphatic heterocycles. The molecule has 0 saturated carbocycles. The van der Waals surface area contributed by atoms with Gasteiger partial charge in [-0.3, -0.25) is 4.79 Å². The Kier molecular flexibility index (Phi) is 5.83. The molecule has 1 amide bonds. The van der Waals surface area contributed by atoms with E-state index < -0.39 is 0 Å². The van der Waals surface area contributed by atoms with Gasteiger partial charge in [-0.15, -0.1) is 0 Å². The average Bonchev–Trinajstić information content (AvgIpc) is 2.67. The van der Waals surface area contributed by atoms with Crippen molar-refractivity contribution in [3.05, 3.63) is 102 Å². The zero-order chi connectivity index (χ0) is 17.3. The number of hydrogen-bond acceptors (Lipinski definition) is 2. The molecule has 1 unspecified atom stereocenters. The molecule has 0 heterocycles. The van der Waals surface area contributed by atoms with E-state index in [0.29, 0.717) is 13.0 Å². The predicted octanol–water partition coefficient (Wildman–Crippen LogP) is 4.20. The summed E-state index contributed by atoms with van der Waals surface area (Å²) in [5.41, 5.74) is 3.20. The van der Waals surface area contributed by atoms with E-state index in [9.17, 15) is 4.79 Å². The Labute approximate surface area is 148 Å². The summed E-state index contributed by atoms with van der Waals surface area (Å²) in [6.45, 7) is 0.532. The molecule has 0 aliphatic carbocycles. The van der Waals surface area contributed by atoms with Gasteiger partial charge in [-0.05, 0) is 23.3 Å². The molecule has 0 spiro atoms. The van der Waals surface area contributed by atoms with Gasteiger partial charge in [0, 0.05) is 12.2 Å². The number of hydrogen-bond donors (Lipinski definition) is 2. The molecule has 3 aromatic carbocycles. The third kappa shape index (κ3) is 5.21. The highest BCUT2D eigenvalue weighted by molar-refractivity contribution is 5.78. The molecular formula is C22H22N2O. The number of para-hydroxylation sites is 1. The minimum Gasteiger partial charge on any atom is -0.376 e. The lowest BCUT2D eigenvalue weighted by atomic mass is 10.1. The number of anilines is 1. The monoisotopic (exact) mass is 330 g/mol. The van der Waals surface area contributed by atoms with E-state index in [1.165, 1.54) is 0 Å². The summed E-state index contributed by atoms with van der Waals surface area (Å²) in [7, 11) is 0. The van der Waals surface area contributed by atoms with Crippen LogP contribution in [0.5, 0.6) is 0 Å². The highest BCUT2D eigenvalue weighted by Gasteiger charge is 2.13. The Balaban J connectivity index is 1.64. The molecule has 0 fully saturated rings. The fourth-order valence-corrected chi connectivity index (χ4v) is 2.73. The van der Waals surface area contributed by atoms with Crippen LogP contribution in [0.25, 0.3) is 0 Å². The maximum atomic E-state index is 12.3. The third-order valence-electron chi connectivity index (χ3n) is 4.03. The molecule has 2 N–H and O–H groups in total. The first-order chi connectivity index (χ1) is 12.3. The van der Waals surface area contributed by atoms with Gasteiger partial charge in [-0.25, -0.2) is 0 Å². The molecule has 25 heavy (non-hydrogen) atoms. The van der Waals surface area contributed by atoms with Crippen LogP contribution >= 0.6 is 0 Å². The van der Waals surface area contributed by atoms with Gasteiger partial charge in [-0.2, -0.15) is 0 Å². The van der Waals surface area contributed by atoms with Crippen molar-refractivity contribution in [1.82, 2.24) is 5.32 Å². The Morgan fingerprint density at radius 3 is 1.96 bits per heavy atom. The Bertz CT molecular complexity index is 773. The minimum atomic E-state index is 0.0170. The van der Waals surface area contributed by atoms with Crippen molar-refractivity contribution < 1.29 is 4.79 Å². The Morgan fingerprint density at radius 1 is 0.760 bits per heavy atom. The van der Waals surface area contributed by atoms with Crippen LogP contribution in [0.2, 0.25) is 0 Å². The first kappa shape index (κ1) is 16.8. The molecule has 0 aliphatic rings. The van der Waals surface area contributed by atoms with E-state index in [-0.39, 0.29) is 11.9 Å². The van der Waals surface area contributed by atoms with Crippen molar-refractivity contribution in [1.29, 1.82) is 0 Å². The van der Waals surface area contributed by atoms with Crippen molar-refractivity contribution in [3.8, 4) is 0 Å². The van der Waals surface area contributed by atoms with Gasteiger partial charge in [0.05, 0.1) is 12.5 Å². The summed E-state index contributed by atoms with van der Waals surface area (Å²) in [6.07, 6.45) is 0.397. The van der Waals surface area contributed by atoms with Gasteiger partial charge in [0.1, 0.15) is 0 Å². The highest BCUT2D eigenvalue weighted by atomic mass is 16.1. The first-order valence-corrected chi connectivity index (χ1v) is 8.48. The van der Waals surface area contributed by atoms with Crippen LogP contribution in [0.15, 0.2) is 91.0 Å². The lowest BCUT2D eigenvalue weighted by Gasteiger charge is -2.21. The van der Waals surface area contributed by atoms with E-state index in [0.717, 1.165) is 16.8 Å². The second kappa shape index (κ2) is 8.69. The standard InChI is InChI=1S/C22H22N2O/c25-22(16-18-10-4-1-5-11-18)23-17-21(19-12-6-2-7-13-19)24-20-14-8-3-9-15-20/h1-15,21,24H,16-17H2,(H,23,25). The van der Waals surface area contributed by atoms with Crippen molar-refractivity contribution in [2.24, 2.45) is 0 Å². The summed E-state index contributed by atoms with van der Waals surface area (Å²) >= 11 is 0. The maximum Gasteiger partial charge on any atom is 0.224 e. The fraction of sp³-hybridized carbons (Fsp3) is 0.136. The van der Waals surface area contributed by atoms with Crippen LogP contribution in [0.1, 0.15) is 17.2 Å². The van der Waals surface area contributed by atoms with Gasteiger partial charge in [0.2, 0.25) is 5.91 Å². The minimum absolute atomic E-state index is 0.0170. The van der Waals surface area contributed by atoms with Crippen molar-refractivity contribution in [2.45, 2.75) is 12.5 Å². The van der Waals surface area contributed by atoms with Crippen molar-refractivity contribution in [2.75, 3.05) is 11.9 Å². The highest BCUT2D eigenvalue weighted by Crippen LogP contribution is 2.18. The van der Waals surface area contributed by atoms with Gasteiger partial charge in [0.25, 0.3) is 0 Å². The number of nitrogens with one attached hydrogen (secondary N) is 2. The van der Waals surface area contributed by atoms with Gasteiger partial charge in [0.15, 0.2) is 0 Å². The first-order valence-electron chi connectivity index (χ1n) is 8.48. The van der Waals surface area contributed by atoms with E-state index in [4.69, 9.17) is 0 Å². The smallest absolute Gasteiger partial charge is 0.224 e. The zero-order valence-corrected chi connectivity index (χ0v) is 14.1. The molecule has 126 valence electrons. The molecule has 3 rings (SSSR count). The molecule has 3 aromatic rings. The Hall–Kier alpha value is -3.07. The fourth-order valence-electron chi connectivity index (χ4n) is 2.73. The molecule has 0 bridgehead atoms. The lowest BCUT2D eigenvalue weighted by molar-refractivity contribution is -0.120. The van der Waals surface area contributed by atoms with E-state index in [1.807, 2.05) is 78.9 Å². The van der Waals surface area contributed by atoms with E-state index in [2.05, 4.69) is 22.8 Å². The molecule has 0 aromatic heterocycles. The predicted molar refractivity (Wildman–Crippen MR) is 102 cm³/mol. The summed E-state index contributed by atoms with van der Waals surface area (Å²) in [4.78, 5) is 12.3. The van der Waals surface area contributed by atoms with Gasteiger partial charge >= 0.3 is 0 Å². The third-order valence-corrected chi connectivity index (χ3v) is 4.03. The molecule has 0 radical (unpaired) electrons. The van der Waals surface area contributed by atoms with Crippen LogP contribution in [0.3, 0.4) is 0 Å². The number of carbonyl (C=O) groups excluding carboxylic acids is 1. The van der Waals surface area contributed by atoms with E-state index in [1.54, 1.807) is 0 Å². The zero-order valence-electron chi connectivity index (χ0n) is 14.1. The van der Waals surface area contributed by atoms with Crippen LogP contribution in [0, 0.1) is 0 Å². The second-order valence-electron chi connectivity index (χ2n) is 5.94. The summed E-state index contributed by atoms with van der Waals surface area (Å²) < 4.78 is 0. The largest absolute Gasteiger partial charge is 0.376 e. The van der Waals surface area contributed by atoms with Crippen LogP contribution in [-0.2, 0) is 11.2 Å². The number of amides is 1. The SMILES string of the molecule is O=C(Cc1ccccc1)NCC(Nc1ccccc1)c1ccccc1. The molecule has 0 saturated heterocycles. The maximum absolute atomic E-state index is 12.3. The lowest BCUT2D eigenvalue weighted by Crippen LogP contribution is -2.32. The van der Waals surface area contributed by atoms with Crippen molar-refractivity contribution in [3.63, 3.8) is 0 Å². The summed E-state index contributed by atoms with van der Waals surface area (Å²) in [5.74, 6) is 0.0296. The van der Waals surface area contributed by atoms with Crippen LogP contribution < -0.4 is 10.6 Å². The van der Waals surface area contributed by atoms with Gasteiger partial charge < -0.3 is 10.6 Å². The van der Waals surface area contributed by atoms with Crippen molar-refractivity contribution >= 4 is 11.6 Å². The average molecular weight is 330 g/mol. The Morgan fingerprint density at radius 2 is 1.32 bits per heavy atom. The van der Waals surface area contributed by atoms with Crippen LogP contribution in [-0.4, -0.2) is 12.5 Å². The molecular weight excluding hydrogens is 308 g/mol. The summed E-state index contributed by atoms with van der Waals surface area (Å²) in [5, 5.41) is 6.55. The number of benzene rings is 3. The number of carbonyl (C=O) groups is 1. The number of rotatable bonds is 7. The topological polar surface area (TPSA) is 41.1 Å².